The van der Waals surface area contributed by atoms with E-state index in [1.807, 2.05) is 24.4 Å². The fraction of sp³-hybridized carbons (Fsp3) is 0.100. The van der Waals surface area contributed by atoms with Crippen molar-refractivity contribution in [3.8, 4) is 22.8 Å². The average molecular weight is 298 g/mol. The zero-order valence-corrected chi connectivity index (χ0v) is 12.9. The third kappa shape index (κ3) is 1.65. The summed E-state index contributed by atoms with van der Waals surface area (Å²) in [6.45, 7) is 4.23. The molecule has 2 aromatic heterocycles. The van der Waals surface area contributed by atoms with Gasteiger partial charge in [0.1, 0.15) is 11.5 Å². The van der Waals surface area contributed by atoms with Crippen molar-refractivity contribution in [2.45, 2.75) is 13.8 Å². The molecule has 0 atom stereocenters. The summed E-state index contributed by atoms with van der Waals surface area (Å²) in [4.78, 5) is 9.15. The van der Waals surface area contributed by atoms with Crippen LogP contribution in [0.2, 0.25) is 0 Å². The van der Waals surface area contributed by atoms with Crippen molar-refractivity contribution < 1.29 is 4.74 Å². The zero-order chi connectivity index (χ0) is 15.6. The van der Waals surface area contributed by atoms with Crippen LogP contribution >= 0.6 is 0 Å². The van der Waals surface area contributed by atoms with Gasteiger partial charge in [0.05, 0.1) is 16.6 Å². The van der Waals surface area contributed by atoms with Crippen molar-refractivity contribution in [1.29, 1.82) is 0 Å². The van der Waals surface area contributed by atoms with Crippen LogP contribution in [0.3, 0.4) is 0 Å². The van der Waals surface area contributed by atoms with Gasteiger partial charge in [-0.3, -0.25) is 9.97 Å². The largest absolute Gasteiger partial charge is 0.456 e. The van der Waals surface area contributed by atoms with Crippen LogP contribution in [0.25, 0.3) is 32.9 Å². The molecule has 110 valence electrons. The summed E-state index contributed by atoms with van der Waals surface area (Å²) in [5, 5.41) is 3.45. The highest BCUT2D eigenvalue weighted by Gasteiger charge is 2.23. The number of ether oxygens (including phenoxy) is 1. The number of fused-ring (bicyclic) bond motifs is 3. The smallest absolute Gasteiger partial charge is 0.139 e. The van der Waals surface area contributed by atoms with Gasteiger partial charge in [0.2, 0.25) is 0 Å². The van der Waals surface area contributed by atoms with Crippen LogP contribution < -0.4 is 4.74 Å². The van der Waals surface area contributed by atoms with E-state index in [4.69, 9.17) is 9.72 Å². The quantitative estimate of drug-likeness (QED) is 0.395. The first-order chi connectivity index (χ1) is 11.2. The molecule has 0 N–H and O–H groups in total. The maximum atomic E-state index is 6.19. The Kier molecular flexibility index (Phi) is 2.35. The highest BCUT2D eigenvalue weighted by Crippen LogP contribution is 2.47. The normalized spacial score (nSPS) is 12.3. The Bertz CT molecular complexity index is 1110. The van der Waals surface area contributed by atoms with Gasteiger partial charge >= 0.3 is 0 Å². The molecule has 1 aliphatic heterocycles. The number of rotatable bonds is 0. The van der Waals surface area contributed by atoms with E-state index in [9.17, 15) is 0 Å². The third-order valence-electron chi connectivity index (χ3n) is 4.57. The first-order valence-electron chi connectivity index (χ1n) is 7.68. The predicted octanol–water partition coefficient (Wildman–Crippen LogP) is 5.17. The summed E-state index contributed by atoms with van der Waals surface area (Å²) < 4.78 is 6.19. The molecular formula is C20H14N2O. The summed E-state index contributed by atoms with van der Waals surface area (Å²) in [7, 11) is 0. The first-order valence-corrected chi connectivity index (χ1v) is 7.68. The zero-order valence-electron chi connectivity index (χ0n) is 12.9. The molecule has 0 fully saturated rings. The minimum absolute atomic E-state index is 0.824. The van der Waals surface area contributed by atoms with Gasteiger partial charge in [-0.2, -0.15) is 0 Å². The molecule has 0 unspecified atom stereocenters. The van der Waals surface area contributed by atoms with Crippen LogP contribution in [0, 0.1) is 13.8 Å². The molecule has 2 aromatic carbocycles. The minimum Gasteiger partial charge on any atom is -0.456 e. The van der Waals surface area contributed by atoms with E-state index in [0.29, 0.717) is 0 Å². The molecule has 4 aromatic rings. The molecule has 3 heterocycles. The summed E-state index contributed by atoms with van der Waals surface area (Å²) in [6.07, 6.45) is 3.76. The number of aryl methyl sites for hydroxylation is 2. The lowest BCUT2D eigenvalue weighted by atomic mass is 9.94. The maximum absolute atomic E-state index is 6.19. The van der Waals surface area contributed by atoms with Crippen molar-refractivity contribution >= 4 is 21.7 Å². The second kappa shape index (κ2) is 4.29. The highest BCUT2D eigenvalue weighted by molar-refractivity contribution is 6.06. The third-order valence-corrected chi connectivity index (χ3v) is 4.57. The monoisotopic (exact) mass is 298 g/mol. The molecule has 3 heteroatoms. The molecule has 0 amide bonds. The van der Waals surface area contributed by atoms with E-state index >= 15 is 0 Å². The highest BCUT2D eigenvalue weighted by atomic mass is 16.5. The van der Waals surface area contributed by atoms with Crippen LogP contribution in [0.15, 0.2) is 48.8 Å². The number of pyridine rings is 2. The fourth-order valence-corrected chi connectivity index (χ4v) is 3.50. The molecule has 0 radical (unpaired) electrons. The van der Waals surface area contributed by atoms with Crippen LogP contribution in [0.4, 0.5) is 0 Å². The molecule has 3 nitrogen and oxygen atoms in total. The molecule has 5 rings (SSSR count). The standard InChI is InChI=1S/C20H14N2O/c1-11-5-6-16-19-18(11)12(2)10-22-20(19)14-8-13-4-3-7-21-15(13)9-17(14)23-16/h3-10H,1-2H3. The Morgan fingerprint density at radius 3 is 2.70 bits per heavy atom. The molecule has 23 heavy (non-hydrogen) atoms. The summed E-state index contributed by atoms with van der Waals surface area (Å²) in [5.41, 5.74) is 5.40. The van der Waals surface area contributed by atoms with E-state index in [0.717, 1.165) is 39.0 Å². The van der Waals surface area contributed by atoms with Gasteiger partial charge in [-0.25, -0.2) is 0 Å². The molecule has 1 aliphatic rings. The first kappa shape index (κ1) is 12.6. The fourth-order valence-electron chi connectivity index (χ4n) is 3.50. The van der Waals surface area contributed by atoms with Crippen LogP contribution in [-0.4, -0.2) is 9.97 Å². The lowest BCUT2D eigenvalue weighted by molar-refractivity contribution is 0.487. The number of nitrogens with zero attached hydrogens (tertiary/aromatic N) is 2. The van der Waals surface area contributed by atoms with Crippen LogP contribution in [0.1, 0.15) is 11.1 Å². The summed E-state index contributed by atoms with van der Waals surface area (Å²) >= 11 is 0. The number of hydrogen-bond donors (Lipinski definition) is 0. The minimum atomic E-state index is 0.824. The summed E-state index contributed by atoms with van der Waals surface area (Å²) in [6, 6.07) is 12.3. The van der Waals surface area contributed by atoms with Gasteiger partial charge < -0.3 is 4.74 Å². The average Bonchev–Trinajstić information content (AvgIpc) is 2.57. The number of hydrogen-bond acceptors (Lipinski definition) is 3. The Morgan fingerprint density at radius 1 is 0.870 bits per heavy atom. The van der Waals surface area contributed by atoms with Crippen molar-refractivity contribution in [2.75, 3.05) is 0 Å². The van der Waals surface area contributed by atoms with Crippen molar-refractivity contribution in [3.63, 3.8) is 0 Å². The van der Waals surface area contributed by atoms with Crippen molar-refractivity contribution in [3.05, 3.63) is 59.9 Å². The molecule has 0 saturated heterocycles. The maximum Gasteiger partial charge on any atom is 0.139 e. The molecule has 0 aliphatic carbocycles. The van der Waals surface area contributed by atoms with E-state index in [1.165, 1.54) is 16.5 Å². The molecule has 0 bridgehead atoms. The Labute approximate surface area is 133 Å². The predicted molar refractivity (Wildman–Crippen MR) is 92.0 cm³/mol. The van der Waals surface area contributed by atoms with E-state index in [1.54, 1.807) is 6.20 Å². The van der Waals surface area contributed by atoms with Crippen molar-refractivity contribution in [1.82, 2.24) is 9.97 Å². The molecule has 0 saturated carbocycles. The number of aromatic nitrogens is 2. The SMILES string of the molecule is Cc1ccc2c3c(ncc(C)c13)-c1cc3cccnc3cc1O2. The lowest BCUT2D eigenvalue weighted by Crippen LogP contribution is -2.01. The van der Waals surface area contributed by atoms with Crippen LogP contribution in [-0.2, 0) is 0 Å². The van der Waals surface area contributed by atoms with E-state index < -0.39 is 0 Å². The van der Waals surface area contributed by atoms with Crippen molar-refractivity contribution in [2.24, 2.45) is 0 Å². The second-order valence-electron chi connectivity index (χ2n) is 6.07. The Hall–Kier alpha value is -2.94. The van der Waals surface area contributed by atoms with Gasteiger partial charge in [-0.05, 0) is 48.6 Å². The van der Waals surface area contributed by atoms with Gasteiger partial charge in [-0.1, -0.05) is 12.1 Å². The van der Waals surface area contributed by atoms with Gasteiger partial charge in [0, 0.05) is 29.4 Å². The summed E-state index contributed by atoms with van der Waals surface area (Å²) in [5.74, 6) is 1.70. The Morgan fingerprint density at radius 2 is 1.78 bits per heavy atom. The Balaban J connectivity index is 1.95. The number of benzene rings is 2. The second-order valence-corrected chi connectivity index (χ2v) is 6.07. The van der Waals surface area contributed by atoms with Gasteiger partial charge in [0.15, 0.2) is 0 Å². The molecule has 0 spiro atoms. The topological polar surface area (TPSA) is 35.0 Å². The van der Waals surface area contributed by atoms with Gasteiger partial charge in [-0.15, -0.1) is 0 Å². The van der Waals surface area contributed by atoms with Crippen LogP contribution in [0.5, 0.6) is 11.5 Å². The molecular weight excluding hydrogens is 284 g/mol. The van der Waals surface area contributed by atoms with Gasteiger partial charge in [0.25, 0.3) is 0 Å². The van der Waals surface area contributed by atoms with E-state index in [-0.39, 0.29) is 0 Å². The van der Waals surface area contributed by atoms with E-state index in [2.05, 4.69) is 37.0 Å². The lowest BCUT2D eigenvalue weighted by Gasteiger charge is -2.22.